The predicted octanol–water partition coefficient (Wildman–Crippen LogP) is 4.14. The lowest BCUT2D eigenvalue weighted by Crippen LogP contribution is -2.07. The molecule has 0 aliphatic heterocycles. The molecular weight excluding hydrogens is 260 g/mol. The van der Waals surface area contributed by atoms with Crippen LogP contribution >= 0.6 is 23.5 Å². The zero-order chi connectivity index (χ0) is 12.6. The van der Waals surface area contributed by atoms with Crippen molar-refractivity contribution in [1.29, 1.82) is 0 Å². The minimum absolute atomic E-state index is 0.00222. The van der Waals surface area contributed by atoms with Gasteiger partial charge in [-0.2, -0.15) is 0 Å². The van der Waals surface area contributed by atoms with Crippen LogP contribution in [0.25, 0.3) is 0 Å². The van der Waals surface area contributed by atoms with E-state index in [1.165, 1.54) is 4.90 Å². The third-order valence-electron chi connectivity index (χ3n) is 2.34. The van der Waals surface area contributed by atoms with Gasteiger partial charge in [-0.3, -0.25) is 0 Å². The number of aldehydes is 1. The zero-order valence-electron chi connectivity index (χ0n) is 9.86. The van der Waals surface area contributed by atoms with Gasteiger partial charge in [-0.1, -0.05) is 36.4 Å². The molecule has 2 rings (SSSR count). The summed E-state index contributed by atoms with van der Waals surface area (Å²) >= 11 is 3.34. The van der Waals surface area contributed by atoms with E-state index >= 15 is 0 Å². The normalized spacial score (nSPS) is 12.0. The lowest BCUT2D eigenvalue weighted by atomic mass is 10.4. The third kappa shape index (κ3) is 4.24. The molecule has 0 heterocycles. The zero-order valence-corrected chi connectivity index (χ0v) is 11.5. The van der Waals surface area contributed by atoms with Crippen LogP contribution in [0.3, 0.4) is 0 Å². The van der Waals surface area contributed by atoms with E-state index in [0.717, 1.165) is 16.9 Å². The Morgan fingerprint density at radius 3 is 2.00 bits per heavy atom. The standard InChI is InChI=1S/C15H14OS2/c16-11-15(18-14-9-5-2-6-10-14)12-17-13-7-3-1-4-8-13/h1-11,15H,12H2. The van der Waals surface area contributed by atoms with Gasteiger partial charge in [0.2, 0.25) is 0 Å². The summed E-state index contributed by atoms with van der Waals surface area (Å²) in [7, 11) is 0. The van der Waals surface area contributed by atoms with Crippen molar-refractivity contribution in [3.8, 4) is 0 Å². The fourth-order valence-corrected chi connectivity index (χ4v) is 3.45. The number of benzene rings is 2. The van der Waals surface area contributed by atoms with Crippen molar-refractivity contribution in [2.24, 2.45) is 0 Å². The second kappa shape index (κ2) is 7.29. The van der Waals surface area contributed by atoms with Crippen LogP contribution in [-0.2, 0) is 4.79 Å². The molecule has 0 aliphatic rings. The summed E-state index contributed by atoms with van der Waals surface area (Å²) in [6.45, 7) is 0. The van der Waals surface area contributed by atoms with E-state index in [-0.39, 0.29) is 5.25 Å². The minimum atomic E-state index is -0.00222. The molecule has 2 aromatic carbocycles. The molecule has 1 nitrogen and oxygen atoms in total. The molecular formula is C15H14OS2. The number of hydrogen-bond acceptors (Lipinski definition) is 3. The van der Waals surface area contributed by atoms with Crippen LogP contribution in [0.15, 0.2) is 70.5 Å². The molecule has 3 heteroatoms. The Labute approximate surface area is 116 Å². The monoisotopic (exact) mass is 274 g/mol. The molecule has 0 aromatic heterocycles. The van der Waals surface area contributed by atoms with E-state index in [1.54, 1.807) is 23.5 Å². The minimum Gasteiger partial charge on any atom is -0.302 e. The quantitative estimate of drug-likeness (QED) is 0.582. The average Bonchev–Trinajstić information content (AvgIpc) is 2.45. The highest BCUT2D eigenvalue weighted by molar-refractivity contribution is 8.03. The Morgan fingerprint density at radius 1 is 0.889 bits per heavy atom. The molecule has 1 unspecified atom stereocenters. The maximum atomic E-state index is 11.1. The van der Waals surface area contributed by atoms with Crippen LogP contribution in [0, 0.1) is 0 Å². The first-order chi connectivity index (χ1) is 8.88. The van der Waals surface area contributed by atoms with Crippen molar-refractivity contribution in [3.05, 3.63) is 60.7 Å². The van der Waals surface area contributed by atoms with Gasteiger partial charge in [-0.15, -0.1) is 23.5 Å². The third-order valence-corrected chi connectivity index (χ3v) is 4.81. The number of rotatable bonds is 6. The first kappa shape index (κ1) is 13.2. The largest absolute Gasteiger partial charge is 0.302 e. The Hall–Kier alpha value is -1.19. The molecule has 92 valence electrons. The molecule has 0 aliphatic carbocycles. The van der Waals surface area contributed by atoms with Crippen molar-refractivity contribution >= 4 is 29.8 Å². The Kier molecular flexibility index (Phi) is 5.36. The molecule has 0 fully saturated rings. The highest BCUT2D eigenvalue weighted by Gasteiger charge is 2.09. The molecule has 0 radical (unpaired) electrons. The maximum Gasteiger partial charge on any atom is 0.134 e. The summed E-state index contributed by atoms with van der Waals surface area (Å²) < 4.78 is 0. The second-order valence-corrected chi connectivity index (χ2v) is 6.14. The fourth-order valence-electron chi connectivity index (χ4n) is 1.47. The predicted molar refractivity (Wildman–Crippen MR) is 79.3 cm³/mol. The molecule has 0 spiro atoms. The number of carbonyl (C=O) groups is 1. The van der Waals surface area contributed by atoms with Crippen molar-refractivity contribution in [1.82, 2.24) is 0 Å². The van der Waals surface area contributed by atoms with Crippen LogP contribution in [0.4, 0.5) is 0 Å². The summed E-state index contributed by atoms with van der Waals surface area (Å²) in [5.74, 6) is 0.799. The summed E-state index contributed by atoms with van der Waals surface area (Å²) in [6, 6.07) is 20.2. The van der Waals surface area contributed by atoms with Gasteiger partial charge >= 0.3 is 0 Å². The lowest BCUT2D eigenvalue weighted by molar-refractivity contribution is -0.107. The van der Waals surface area contributed by atoms with Crippen LogP contribution in [0.1, 0.15) is 0 Å². The van der Waals surface area contributed by atoms with Gasteiger partial charge < -0.3 is 4.79 Å². The van der Waals surface area contributed by atoms with E-state index in [2.05, 4.69) is 12.1 Å². The molecule has 1 atom stereocenters. The first-order valence-electron chi connectivity index (χ1n) is 5.73. The molecule has 0 amide bonds. The van der Waals surface area contributed by atoms with Crippen LogP contribution in [0.2, 0.25) is 0 Å². The molecule has 0 saturated carbocycles. The van der Waals surface area contributed by atoms with Crippen molar-refractivity contribution < 1.29 is 4.79 Å². The molecule has 18 heavy (non-hydrogen) atoms. The molecule has 2 aromatic rings. The second-order valence-electron chi connectivity index (χ2n) is 3.73. The van der Waals surface area contributed by atoms with E-state index in [1.807, 2.05) is 48.5 Å². The maximum absolute atomic E-state index is 11.1. The SMILES string of the molecule is O=CC(CSc1ccccc1)Sc1ccccc1. The van der Waals surface area contributed by atoms with Crippen molar-refractivity contribution in [2.75, 3.05) is 5.75 Å². The Bertz CT molecular complexity index is 470. The van der Waals surface area contributed by atoms with Gasteiger partial charge in [0, 0.05) is 15.5 Å². The molecule has 0 N–H and O–H groups in total. The fraction of sp³-hybridized carbons (Fsp3) is 0.133. The van der Waals surface area contributed by atoms with Crippen molar-refractivity contribution in [2.45, 2.75) is 15.0 Å². The first-order valence-corrected chi connectivity index (χ1v) is 7.60. The van der Waals surface area contributed by atoms with Gasteiger partial charge in [0.1, 0.15) is 6.29 Å². The van der Waals surface area contributed by atoms with Crippen LogP contribution in [-0.4, -0.2) is 17.3 Å². The molecule has 0 saturated heterocycles. The van der Waals surface area contributed by atoms with Gasteiger partial charge in [-0.05, 0) is 24.3 Å². The van der Waals surface area contributed by atoms with E-state index in [9.17, 15) is 4.79 Å². The van der Waals surface area contributed by atoms with E-state index < -0.39 is 0 Å². The topological polar surface area (TPSA) is 17.1 Å². The van der Waals surface area contributed by atoms with Crippen LogP contribution < -0.4 is 0 Å². The van der Waals surface area contributed by atoms with Crippen LogP contribution in [0.5, 0.6) is 0 Å². The Morgan fingerprint density at radius 2 is 1.44 bits per heavy atom. The summed E-state index contributed by atoms with van der Waals surface area (Å²) in [5.41, 5.74) is 0. The van der Waals surface area contributed by atoms with Gasteiger partial charge in [0.15, 0.2) is 0 Å². The lowest BCUT2D eigenvalue weighted by Gasteiger charge is -2.09. The highest BCUT2D eigenvalue weighted by atomic mass is 32.2. The highest BCUT2D eigenvalue weighted by Crippen LogP contribution is 2.27. The summed E-state index contributed by atoms with van der Waals surface area (Å²) in [6.07, 6.45) is 1.04. The molecule has 0 bridgehead atoms. The van der Waals surface area contributed by atoms with Gasteiger partial charge in [0.05, 0.1) is 5.25 Å². The number of carbonyl (C=O) groups excluding carboxylic acids is 1. The summed E-state index contributed by atoms with van der Waals surface area (Å²) in [4.78, 5) is 13.4. The number of hydrogen-bond donors (Lipinski definition) is 0. The average molecular weight is 274 g/mol. The van der Waals surface area contributed by atoms with Gasteiger partial charge in [0.25, 0.3) is 0 Å². The Balaban J connectivity index is 1.88. The number of thioether (sulfide) groups is 2. The van der Waals surface area contributed by atoms with E-state index in [0.29, 0.717) is 0 Å². The van der Waals surface area contributed by atoms with E-state index in [4.69, 9.17) is 0 Å². The van der Waals surface area contributed by atoms with Crippen molar-refractivity contribution in [3.63, 3.8) is 0 Å². The summed E-state index contributed by atoms with van der Waals surface area (Å²) in [5, 5.41) is -0.00222. The van der Waals surface area contributed by atoms with Gasteiger partial charge in [-0.25, -0.2) is 0 Å². The smallest absolute Gasteiger partial charge is 0.134 e.